The molecule has 4 rings (SSSR count). The number of hydrogen-bond acceptors (Lipinski definition) is 5. The van der Waals surface area contributed by atoms with Gasteiger partial charge in [0.15, 0.2) is 0 Å². The van der Waals surface area contributed by atoms with Crippen LogP contribution in [0.5, 0.6) is 11.5 Å². The van der Waals surface area contributed by atoms with E-state index in [1.807, 2.05) is 12.1 Å². The van der Waals surface area contributed by atoms with Crippen LogP contribution in [0.1, 0.15) is 24.8 Å². The molecule has 0 amide bonds. The minimum absolute atomic E-state index is 0.0384. The summed E-state index contributed by atoms with van der Waals surface area (Å²) in [6.07, 6.45) is 3.09. The number of rotatable bonds is 6. The summed E-state index contributed by atoms with van der Waals surface area (Å²) in [6.45, 7) is 4.02. The molecule has 162 valence electrons. The van der Waals surface area contributed by atoms with Crippen LogP contribution in [0.2, 0.25) is 0 Å². The third kappa shape index (κ3) is 4.33. The van der Waals surface area contributed by atoms with Gasteiger partial charge in [-0.2, -0.15) is 4.31 Å². The van der Waals surface area contributed by atoms with Crippen molar-refractivity contribution in [2.24, 2.45) is 5.41 Å². The van der Waals surface area contributed by atoms with Crippen LogP contribution in [0.15, 0.2) is 53.4 Å². The van der Waals surface area contributed by atoms with Gasteiger partial charge in [-0.3, -0.25) is 4.90 Å². The molecule has 2 saturated heterocycles. The molecular formula is C23H30N2O4S. The minimum atomic E-state index is -3.48. The Morgan fingerprint density at radius 2 is 1.70 bits per heavy atom. The van der Waals surface area contributed by atoms with Gasteiger partial charge in [0.2, 0.25) is 10.0 Å². The molecule has 0 N–H and O–H groups in total. The summed E-state index contributed by atoms with van der Waals surface area (Å²) in [7, 11) is -0.218. The first-order valence-corrected chi connectivity index (χ1v) is 11.9. The van der Waals surface area contributed by atoms with E-state index < -0.39 is 10.0 Å². The second-order valence-electron chi connectivity index (χ2n) is 8.43. The van der Waals surface area contributed by atoms with Gasteiger partial charge < -0.3 is 9.47 Å². The summed E-state index contributed by atoms with van der Waals surface area (Å²) in [6, 6.07) is 14.9. The van der Waals surface area contributed by atoms with Crippen molar-refractivity contribution >= 4 is 10.0 Å². The van der Waals surface area contributed by atoms with Crippen molar-refractivity contribution in [3.05, 3.63) is 54.1 Å². The molecule has 0 aromatic heterocycles. The van der Waals surface area contributed by atoms with E-state index >= 15 is 0 Å². The zero-order valence-corrected chi connectivity index (χ0v) is 18.5. The standard InChI is InChI=1S/C23H30N2O4S/c1-28-20-7-9-22(10-8-20)30(26,27)25-14-12-23(18-25)11-4-13-24(17-23)16-19-5-3-6-21(15-19)29-2/h3,5-10,15H,4,11-14,16-18H2,1-2H3. The molecular weight excluding hydrogens is 400 g/mol. The van der Waals surface area contributed by atoms with E-state index in [0.717, 1.165) is 44.6 Å². The molecule has 2 heterocycles. The van der Waals surface area contributed by atoms with Gasteiger partial charge >= 0.3 is 0 Å². The highest BCUT2D eigenvalue weighted by molar-refractivity contribution is 7.89. The number of sulfonamides is 1. The smallest absolute Gasteiger partial charge is 0.243 e. The molecule has 6 nitrogen and oxygen atoms in total. The molecule has 2 aliphatic heterocycles. The topological polar surface area (TPSA) is 59.1 Å². The predicted octanol–water partition coefficient (Wildman–Crippen LogP) is 3.38. The molecule has 2 aromatic rings. The molecule has 1 atom stereocenters. The fraction of sp³-hybridized carbons (Fsp3) is 0.478. The number of nitrogens with zero attached hydrogens (tertiary/aromatic N) is 2. The van der Waals surface area contributed by atoms with Crippen molar-refractivity contribution in [1.29, 1.82) is 0 Å². The molecule has 0 saturated carbocycles. The number of hydrogen-bond donors (Lipinski definition) is 0. The molecule has 1 unspecified atom stereocenters. The SMILES string of the molecule is COc1ccc(S(=O)(=O)N2CCC3(CCCN(Cc4cccc(OC)c4)C3)C2)cc1. The van der Waals surface area contributed by atoms with Gasteiger partial charge in [-0.05, 0) is 73.2 Å². The van der Waals surface area contributed by atoms with Gasteiger partial charge in [-0.15, -0.1) is 0 Å². The van der Waals surface area contributed by atoms with Crippen molar-refractivity contribution < 1.29 is 17.9 Å². The number of piperidine rings is 1. The summed E-state index contributed by atoms with van der Waals surface area (Å²) in [5.41, 5.74) is 1.27. The Kier molecular flexibility index (Phi) is 6.04. The Labute approximate surface area is 179 Å². The lowest BCUT2D eigenvalue weighted by atomic mass is 9.79. The largest absolute Gasteiger partial charge is 0.497 e. The quantitative estimate of drug-likeness (QED) is 0.703. The fourth-order valence-corrected chi connectivity index (χ4v) is 6.36. The average Bonchev–Trinajstić information content (AvgIpc) is 3.17. The van der Waals surface area contributed by atoms with Crippen molar-refractivity contribution in [3.63, 3.8) is 0 Å². The Morgan fingerprint density at radius 1 is 0.933 bits per heavy atom. The molecule has 30 heavy (non-hydrogen) atoms. The van der Waals surface area contributed by atoms with E-state index in [2.05, 4.69) is 17.0 Å². The van der Waals surface area contributed by atoms with Crippen molar-refractivity contribution in [3.8, 4) is 11.5 Å². The maximum atomic E-state index is 13.2. The number of likely N-dealkylation sites (tertiary alicyclic amines) is 1. The van der Waals surface area contributed by atoms with Crippen LogP contribution in [0.4, 0.5) is 0 Å². The summed E-state index contributed by atoms with van der Waals surface area (Å²) in [5, 5.41) is 0. The molecule has 2 fully saturated rings. The molecule has 2 aliphatic rings. The van der Waals surface area contributed by atoms with Gasteiger partial charge in [-0.25, -0.2) is 8.42 Å². The summed E-state index contributed by atoms with van der Waals surface area (Å²) in [4.78, 5) is 2.80. The van der Waals surface area contributed by atoms with E-state index in [4.69, 9.17) is 9.47 Å². The Hall–Kier alpha value is -2.09. The van der Waals surface area contributed by atoms with Gasteiger partial charge in [0.05, 0.1) is 19.1 Å². The van der Waals surface area contributed by atoms with Crippen molar-refractivity contribution in [2.75, 3.05) is 40.4 Å². The fourth-order valence-electron chi connectivity index (χ4n) is 4.80. The van der Waals surface area contributed by atoms with E-state index in [1.54, 1.807) is 42.8 Å². The summed E-state index contributed by atoms with van der Waals surface area (Å²) < 4.78 is 38.5. The molecule has 0 radical (unpaired) electrons. The van der Waals surface area contributed by atoms with E-state index in [0.29, 0.717) is 23.7 Å². The van der Waals surface area contributed by atoms with Crippen LogP contribution >= 0.6 is 0 Å². The average molecular weight is 431 g/mol. The van der Waals surface area contributed by atoms with Gasteiger partial charge in [0, 0.05) is 26.2 Å². The van der Waals surface area contributed by atoms with E-state index in [1.165, 1.54) is 5.56 Å². The highest BCUT2D eigenvalue weighted by Gasteiger charge is 2.45. The summed E-state index contributed by atoms with van der Waals surface area (Å²) in [5.74, 6) is 1.53. The molecule has 0 aliphatic carbocycles. The van der Waals surface area contributed by atoms with Crippen LogP contribution in [0, 0.1) is 5.41 Å². The lowest BCUT2D eigenvalue weighted by Gasteiger charge is -2.40. The number of benzene rings is 2. The zero-order valence-electron chi connectivity index (χ0n) is 17.7. The third-order valence-electron chi connectivity index (χ3n) is 6.38. The molecule has 7 heteroatoms. The second-order valence-corrected chi connectivity index (χ2v) is 10.4. The lowest BCUT2D eigenvalue weighted by Crippen LogP contribution is -2.44. The first kappa shape index (κ1) is 21.2. The van der Waals surface area contributed by atoms with Crippen LogP contribution < -0.4 is 9.47 Å². The Bertz CT molecular complexity index is 977. The first-order chi connectivity index (χ1) is 14.4. The zero-order chi connectivity index (χ0) is 21.2. The Balaban J connectivity index is 1.45. The number of methoxy groups -OCH3 is 2. The van der Waals surface area contributed by atoms with Gasteiger partial charge in [0.1, 0.15) is 11.5 Å². The third-order valence-corrected chi connectivity index (χ3v) is 8.24. The molecule has 2 aromatic carbocycles. The minimum Gasteiger partial charge on any atom is -0.497 e. The predicted molar refractivity (Wildman–Crippen MR) is 116 cm³/mol. The van der Waals surface area contributed by atoms with E-state index in [9.17, 15) is 8.42 Å². The van der Waals surface area contributed by atoms with Crippen LogP contribution in [-0.4, -0.2) is 58.0 Å². The Morgan fingerprint density at radius 3 is 2.43 bits per heavy atom. The van der Waals surface area contributed by atoms with Gasteiger partial charge in [0.25, 0.3) is 0 Å². The molecule has 0 bridgehead atoms. The number of ether oxygens (including phenoxy) is 2. The normalized spacial score (nSPS) is 23.0. The van der Waals surface area contributed by atoms with Crippen LogP contribution in [-0.2, 0) is 16.6 Å². The molecule has 1 spiro atoms. The maximum absolute atomic E-state index is 13.2. The van der Waals surface area contributed by atoms with Crippen LogP contribution in [0.3, 0.4) is 0 Å². The van der Waals surface area contributed by atoms with E-state index in [-0.39, 0.29) is 5.41 Å². The maximum Gasteiger partial charge on any atom is 0.243 e. The first-order valence-electron chi connectivity index (χ1n) is 10.4. The van der Waals surface area contributed by atoms with Crippen molar-refractivity contribution in [2.45, 2.75) is 30.7 Å². The highest BCUT2D eigenvalue weighted by atomic mass is 32.2. The highest BCUT2D eigenvalue weighted by Crippen LogP contribution is 2.41. The van der Waals surface area contributed by atoms with Crippen LogP contribution in [0.25, 0.3) is 0 Å². The van der Waals surface area contributed by atoms with Gasteiger partial charge in [-0.1, -0.05) is 12.1 Å². The monoisotopic (exact) mass is 430 g/mol. The second kappa shape index (κ2) is 8.57. The van der Waals surface area contributed by atoms with Crippen molar-refractivity contribution in [1.82, 2.24) is 9.21 Å². The summed E-state index contributed by atoms with van der Waals surface area (Å²) >= 11 is 0. The lowest BCUT2D eigenvalue weighted by molar-refractivity contribution is 0.0934.